The first-order valence-electron chi connectivity index (χ1n) is 12.3. The quantitative estimate of drug-likeness (QED) is 0.567. The Bertz CT molecular complexity index is 1330. The van der Waals surface area contributed by atoms with Gasteiger partial charge in [0.2, 0.25) is 0 Å². The van der Waals surface area contributed by atoms with Crippen molar-refractivity contribution in [3.63, 3.8) is 0 Å². The molecule has 1 aromatic heterocycles. The number of hydrogen-bond donors (Lipinski definition) is 0. The summed E-state index contributed by atoms with van der Waals surface area (Å²) in [5.74, 6) is 0.163. The van der Waals surface area contributed by atoms with E-state index >= 15 is 0 Å². The van der Waals surface area contributed by atoms with Crippen LogP contribution in [-0.2, 0) is 4.74 Å². The van der Waals surface area contributed by atoms with Gasteiger partial charge in [0.05, 0.1) is 24.6 Å². The van der Waals surface area contributed by atoms with E-state index in [4.69, 9.17) is 9.15 Å². The molecule has 1 atom stereocenters. The van der Waals surface area contributed by atoms with Crippen molar-refractivity contribution in [3.05, 3.63) is 69.6 Å². The first-order valence-corrected chi connectivity index (χ1v) is 12.3. The van der Waals surface area contributed by atoms with Crippen molar-refractivity contribution in [3.8, 4) is 0 Å². The summed E-state index contributed by atoms with van der Waals surface area (Å²) >= 11 is 0. The predicted octanol–water partition coefficient (Wildman–Crippen LogP) is 3.96. The molecule has 0 saturated carbocycles. The molecule has 3 aliphatic heterocycles. The van der Waals surface area contributed by atoms with E-state index in [9.17, 15) is 14.0 Å². The van der Waals surface area contributed by atoms with Crippen LogP contribution in [0.5, 0.6) is 0 Å². The molecule has 6 rings (SSSR count). The van der Waals surface area contributed by atoms with Crippen LogP contribution in [0.3, 0.4) is 0 Å². The van der Waals surface area contributed by atoms with Gasteiger partial charge in [-0.05, 0) is 49.6 Å². The molecule has 3 aliphatic rings. The molecule has 1 amide bonds. The molecule has 35 heavy (non-hydrogen) atoms. The number of morpholine rings is 1. The second kappa shape index (κ2) is 9.00. The Balaban J connectivity index is 1.51. The summed E-state index contributed by atoms with van der Waals surface area (Å²) in [5, 5.41) is 0.412. The van der Waals surface area contributed by atoms with Crippen molar-refractivity contribution in [2.75, 3.05) is 55.7 Å². The van der Waals surface area contributed by atoms with Gasteiger partial charge in [-0.15, -0.1) is 0 Å². The molecule has 0 radical (unpaired) electrons. The third-order valence-electron chi connectivity index (χ3n) is 7.31. The lowest BCUT2D eigenvalue weighted by Crippen LogP contribution is -2.42. The zero-order chi connectivity index (χ0) is 23.9. The van der Waals surface area contributed by atoms with Crippen LogP contribution in [0.4, 0.5) is 16.0 Å². The number of benzene rings is 2. The molecule has 0 N–H and O–H groups in total. The third kappa shape index (κ3) is 4.05. The highest BCUT2D eigenvalue weighted by Gasteiger charge is 2.32. The maximum atomic E-state index is 14.1. The molecule has 8 heteroatoms. The summed E-state index contributed by atoms with van der Waals surface area (Å²) < 4.78 is 25.9. The first-order chi connectivity index (χ1) is 17.1. The van der Waals surface area contributed by atoms with Crippen LogP contribution < -0.4 is 15.2 Å². The third-order valence-corrected chi connectivity index (χ3v) is 7.31. The normalized spacial score (nSPS) is 20.4. The number of hydrogen-bond acceptors (Lipinski definition) is 6. The van der Waals surface area contributed by atoms with Gasteiger partial charge in [0, 0.05) is 55.6 Å². The Morgan fingerprint density at radius 2 is 1.80 bits per heavy atom. The molecule has 0 unspecified atom stereocenters. The minimum atomic E-state index is -0.291. The molecule has 3 saturated heterocycles. The second-order valence-corrected chi connectivity index (χ2v) is 9.47. The summed E-state index contributed by atoms with van der Waals surface area (Å²) in [6.07, 6.45) is 2.73. The number of fused-ring (bicyclic) bond motifs is 1. The van der Waals surface area contributed by atoms with E-state index < -0.39 is 0 Å². The van der Waals surface area contributed by atoms with Crippen LogP contribution in [0.25, 0.3) is 11.0 Å². The van der Waals surface area contributed by atoms with E-state index in [0.717, 1.165) is 50.1 Å². The Morgan fingerprint density at radius 3 is 2.54 bits per heavy atom. The van der Waals surface area contributed by atoms with Crippen LogP contribution in [0.2, 0.25) is 0 Å². The predicted molar refractivity (Wildman–Crippen MR) is 132 cm³/mol. The van der Waals surface area contributed by atoms with Gasteiger partial charge >= 0.3 is 0 Å². The number of likely N-dealkylation sites (tertiary alicyclic amines) is 1. The van der Waals surface area contributed by atoms with Crippen LogP contribution in [-0.4, -0.2) is 56.7 Å². The highest BCUT2D eigenvalue weighted by Crippen LogP contribution is 2.40. The lowest BCUT2D eigenvalue weighted by atomic mass is 9.97. The highest BCUT2D eigenvalue weighted by molar-refractivity contribution is 5.99. The molecule has 2 aromatic carbocycles. The fourth-order valence-electron chi connectivity index (χ4n) is 5.34. The number of amides is 1. The van der Waals surface area contributed by atoms with E-state index in [1.807, 2.05) is 17.0 Å². The summed E-state index contributed by atoms with van der Waals surface area (Å²) in [6, 6.07) is 11.5. The van der Waals surface area contributed by atoms with Gasteiger partial charge in [-0.25, -0.2) is 4.39 Å². The minimum absolute atomic E-state index is 0.0636. The largest absolute Gasteiger partial charge is 0.440 e. The monoisotopic (exact) mass is 477 g/mol. The Labute approximate surface area is 202 Å². The number of nitrogens with zero attached hydrogens (tertiary/aromatic N) is 3. The average Bonchev–Trinajstić information content (AvgIpc) is 3.33. The van der Waals surface area contributed by atoms with Gasteiger partial charge in [-0.1, -0.05) is 6.07 Å². The number of carbonyl (C=O) groups is 1. The van der Waals surface area contributed by atoms with Crippen LogP contribution >= 0.6 is 0 Å². The zero-order valence-electron chi connectivity index (χ0n) is 19.5. The maximum absolute atomic E-state index is 14.1. The van der Waals surface area contributed by atoms with Crippen molar-refractivity contribution in [2.24, 2.45) is 0 Å². The molecule has 3 aromatic rings. The molecular weight excluding hydrogens is 449 g/mol. The molecule has 0 spiro atoms. The summed E-state index contributed by atoms with van der Waals surface area (Å²) in [4.78, 5) is 32.5. The molecule has 7 nitrogen and oxygen atoms in total. The standard InChI is InChI=1S/C27H28FN3O4/c28-19-4-1-5-20(16-19)31-9-2-6-23(31)21-14-18(27(33)30-7-3-8-30)15-22-24(32)17-25(35-26(21)22)29-10-12-34-13-11-29/h1,4-5,14-17,23H,2-3,6-13H2/t23-/m0/s1. The number of halogens is 1. The van der Waals surface area contributed by atoms with E-state index in [1.165, 1.54) is 18.2 Å². The molecule has 4 heterocycles. The molecule has 0 aliphatic carbocycles. The number of ether oxygens (including phenoxy) is 1. The number of carbonyl (C=O) groups excluding carboxylic acids is 1. The summed E-state index contributed by atoms with van der Waals surface area (Å²) in [7, 11) is 0. The summed E-state index contributed by atoms with van der Waals surface area (Å²) in [5.41, 5.74) is 2.44. The topological polar surface area (TPSA) is 66.2 Å². The molecule has 0 bridgehead atoms. The number of rotatable bonds is 4. The van der Waals surface area contributed by atoms with E-state index in [2.05, 4.69) is 4.90 Å². The molecule has 182 valence electrons. The second-order valence-electron chi connectivity index (χ2n) is 9.47. The van der Waals surface area contributed by atoms with Crippen LogP contribution in [0.15, 0.2) is 51.7 Å². The van der Waals surface area contributed by atoms with Gasteiger partial charge < -0.3 is 23.9 Å². The van der Waals surface area contributed by atoms with Crippen LogP contribution in [0.1, 0.15) is 41.2 Å². The van der Waals surface area contributed by atoms with Gasteiger partial charge in [0.25, 0.3) is 5.91 Å². The maximum Gasteiger partial charge on any atom is 0.253 e. The fraction of sp³-hybridized carbons (Fsp3) is 0.407. The minimum Gasteiger partial charge on any atom is -0.440 e. The van der Waals surface area contributed by atoms with Crippen molar-refractivity contribution in [2.45, 2.75) is 25.3 Å². The highest BCUT2D eigenvalue weighted by atomic mass is 19.1. The summed E-state index contributed by atoms with van der Waals surface area (Å²) in [6.45, 7) is 4.67. The van der Waals surface area contributed by atoms with Gasteiger partial charge in [0.1, 0.15) is 11.4 Å². The Kier molecular flexibility index (Phi) is 5.68. The fourth-order valence-corrected chi connectivity index (χ4v) is 5.34. The zero-order valence-corrected chi connectivity index (χ0v) is 19.5. The number of anilines is 2. The van der Waals surface area contributed by atoms with Gasteiger partial charge in [-0.3, -0.25) is 9.59 Å². The van der Waals surface area contributed by atoms with Gasteiger partial charge in [-0.2, -0.15) is 0 Å². The molecule has 3 fully saturated rings. The lowest BCUT2D eigenvalue weighted by Gasteiger charge is -2.32. The van der Waals surface area contributed by atoms with Crippen molar-refractivity contribution in [1.29, 1.82) is 0 Å². The average molecular weight is 478 g/mol. The van der Waals surface area contributed by atoms with Gasteiger partial charge in [0.15, 0.2) is 11.3 Å². The van der Waals surface area contributed by atoms with Crippen molar-refractivity contribution >= 4 is 28.4 Å². The van der Waals surface area contributed by atoms with Crippen molar-refractivity contribution < 1.29 is 18.3 Å². The smallest absolute Gasteiger partial charge is 0.253 e. The van der Waals surface area contributed by atoms with Crippen molar-refractivity contribution in [1.82, 2.24) is 4.90 Å². The Morgan fingerprint density at radius 1 is 0.971 bits per heavy atom. The first kappa shape index (κ1) is 22.1. The van der Waals surface area contributed by atoms with E-state index in [-0.39, 0.29) is 23.2 Å². The van der Waals surface area contributed by atoms with E-state index in [1.54, 1.807) is 17.0 Å². The SMILES string of the molecule is O=C(c1cc([C@@H]2CCCN2c2cccc(F)c2)c2oc(N3CCOCC3)cc(=O)c2c1)N1CCC1. The van der Waals surface area contributed by atoms with Crippen LogP contribution in [0, 0.1) is 5.82 Å². The Hall–Kier alpha value is -3.39. The van der Waals surface area contributed by atoms with E-state index in [0.29, 0.717) is 48.7 Å². The molecular formula is C27H28FN3O4. The lowest BCUT2D eigenvalue weighted by molar-refractivity contribution is 0.0652.